The first-order valence-corrected chi connectivity index (χ1v) is 7.22. The Kier molecular flexibility index (Phi) is 4.57. The Balaban J connectivity index is 2.17. The number of rotatable bonds is 5. The van der Waals surface area contributed by atoms with Crippen molar-refractivity contribution in [3.05, 3.63) is 28.8 Å². The monoisotopic (exact) mass is 283 g/mol. The number of carbonyl (C=O) groups excluding carboxylic acids is 1. The third kappa shape index (κ3) is 3.42. The molecule has 18 heavy (non-hydrogen) atoms. The Hall–Kier alpha value is -0.670. The summed E-state index contributed by atoms with van der Waals surface area (Å²) in [4.78, 5) is 15.2. The molecule has 0 heterocycles. The molecule has 0 bridgehead atoms. The zero-order chi connectivity index (χ0) is 13.1. The van der Waals surface area contributed by atoms with Gasteiger partial charge in [-0.3, -0.25) is 4.79 Å². The molecule has 0 unspecified atom stereocenters. The molecule has 0 N–H and O–H groups in total. The largest absolute Gasteiger partial charge is 0.338 e. The Morgan fingerprint density at radius 1 is 1.50 bits per heavy atom. The van der Waals surface area contributed by atoms with Gasteiger partial charge in [0, 0.05) is 18.0 Å². The molecule has 98 valence electrons. The fraction of sp³-hybridized carbons (Fsp3) is 0.500. The lowest BCUT2D eigenvalue weighted by atomic mass is 10.2. The predicted molar refractivity (Wildman–Crippen MR) is 77.6 cm³/mol. The van der Waals surface area contributed by atoms with Gasteiger partial charge in [-0.05, 0) is 43.4 Å². The number of halogens is 1. The van der Waals surface area contributed by atoms with Gasteiger partial charge < -0.3 is 4.90 Å². The Morgan fingerprint density at radius 2 is 2.22 bits per heavy atom. The summed E-state index contributed by atoms with van der Waals surface area (Å²) in [6.45, 7) is 3.74. The first-order valence-electron chi connectivity index (χ1n) is 6.39. The van der Waals surface area contributed by atoms with Crippen LogP contribution in [0, 0.1) is 5.92 Å². The third-order valence-electron chi connectivity index (χ3n) is 3.14. The van der Waals surface area contributed by atoms with Gasteiger partial charge in [0.2, 0.25) is 0 Å². The van der Waals surface area contributed by atoms with Gasteiger partial charge in [-0.15, -0.1) is 12.6 Å². The molecule has 0 radical (unpaired) electrons. The van der Waals surface area contributed by atoms with Gasteiger partial charge >= 0.3 is 0 Å². The third-order valence-corrected chi connectivity index (χ3v) is 3.74. The SMILES string of the molecule is CCCN(CC1CC1)C(=O)c1cc(S)ccc1Cl. The summed E-state index contributed by atoms with van der Waals surface area (Å²) in [7, 11) is 0. The first kappa shape index (κ1) is 13.8. The molecule has 4 heteroatoms. The molecule has 2 rings (SSSR count). The van der Waals surface area contributed by atoms with Crippen LogP contribution < -0.4 is 0 Å². The summed E-state index contributed by atoms with van der Waals surface area (Å²) in [5, 5.41) is 0.509. The van der Waals surface area contributed by atoms with Gasteiger partial charge in [0.15, 0.2) is 0 Å². The van der Waals surface area contributed by atoms with Crippen LogP contribution >= 0.6 is 24.2 Å². The molecule has 0 aromatic heterocycles. The van der Waals surface area contributed by atoms with Gasteiger partial charge in [0.25, 0.3) is 5.91 Å². The summed E-state index contributed by atoms with van der Waals surface area (Å²) >= 11 is 10.4. The zero-order valence-electron chi connectivity index (χ0n) is 10.5. The highest BCUT2D eigenvalue weighted by Crippen LogP contribution is 2.31. The molecule has 1 fully saturated rings. The molecule has 1 aromatic carbocycles. The van der Waals surface area contributed by atoms with Crippen molar-refractivity contribution in [3.8, 4) is 0 Å². The van der Waals surface area contributed by atoms with Crippen LogP contribution in [0.5, 0.6) is 0 Å². The molecule has 0 atom stereocenters. The maximum absolute atomic E-state index is 12.5. The first-order chi connectivity index (χ1) is 8.61. The molecule has 1 aliphatic carbocycles. The van der Waals surface area contributed by atoms with E-state index in [1.807, 2.05) is 4.90 Å². The second-order valence-electron chi connectivity index (χ2n) is 4.86. The van der Waals surface area contributed by atoms with Crippen LogP contribution in [-0.2, 0) is 0 Å². The van der Waals surface area contributed by atoms with E-state index in [1.54, 1.807) is 18.2 Å². The molecular weight excluding hydrogens is 266 g/mol. The summed E-state index contributed by atoms with van der Waals surface area (Å²) in [5.41, 5.74) is 0.568. The van der Waals surface area contributed by atoms with Crippen LogP contribution in [0.15, 0.2) is 23.1 Å². The van der Waals surface area contributed by atoms with Gasteiger partial charge in [0.05, 0.1) is 10.6 Å². The highest BCUT2D eigenvalue weighted by atomic mass is 35.5. The Labute approximate surface area is 119 Å². The molecule has 0 aliphatic heterocycles. The minimum atomic E-state index is 0.0321. The van der Waals surface area contributed by atoms with Crippen LogP contribution in [0.25, 0.3) is 0 Å². The molecule has 0 saturated heterocycles. The minimum Gasteiger partial charge on any atom is -0.338 e. The lowest BCUT2D eigenvalue weighted by Gasteiger charge is -2.22. The second-order valence-corrected chi connectivity index (χ2v) is 5.78. The molecule has 1 amide bonds. The highest BCUT2D eigenvalue weighted by molar-refractivity contribution is 7.80. The second kappa shape index (κ2) is 5.98. The van der Waals surface area contributed by atoms with E-state index in [9.17, 15) is 4.79 Å². The van der Waals surface area contributed by atoms with Gasteiger partial charge in [-0.1, -0.05) is 18.5 Å². The van der Waals surface area contributed by atoms with Crippen molar-refractivity contribution in [2.75, 3.05) is 13.1 Å². The summed E-state index contributed by atoms with van der Waals surface area (Å²) in [5.74, 6) is 0.725. The van der Waals surface area contributed by atoms with Crippen molar-refractivity contribution < 1.29 is 4.79 Å². The molecular formula is C14H18ClNOS. The lowest BCUT2D eigenvalue weighted by molar-refractivity contribution is 0.0747. The predicted octanol–water partition coefficient (Wildman–Crippen LogP) is 3.89. The van der Waals surface area contributed by atoms with Crippen molar-refractivity contribution >= 4 is 30.1 Å². The molecule has 1 saturated carbocycles. The van der Waals surface area contributed by atoms with E-state index in [-0.39, 0.29) is 5.91 Å². The number of amides is 1. The lowest BCUT2D eigenvalue weighted by Crippen LogP contribution is -2.33. The maximum atomic E-state index is 12.5. The highest BCUT2D eigenvalue weighted by Gasteiger charge is 2.27. The maximum Gasteiger partial charge on any atom is 0.255 e. The molecule has 1 aromatic rings. The van der Waals surface area contributed by atoms with Crippen molar-refractivity contribution in [2.45, 2.75) is 31.1 Å². The number of hydrogen-bond donors (Lipinski definition) is 1. The number of benzene rings is 1. The van der Waals surface area contributed by atoms with Crippen LogP contribution in [0.3, 0.4) is 0 Å². The van der Waals surface area contributed by atoms with E-state index in [1.165, 1.54) is 12.8 Å². The summed E-state index contributed by atoms with van der Waals surface area (Å²) < 4.78 is 0. The van der Waals surface area contributed by atoms with Gasteiger partial charge in [-0.25, -0.2) is 0 Å². The molecule has 0 spiro atoms. The summed E-state index contributed by atoms with van der Waals surface area (Å²) in [6, 6.07) is 5.29. The average molecular weight is 284 g/mol. The van der Waals surface area contributed by atoms with E-state index in [4.69, 9.17) is 11.6 Å². The van der Waals surface area contributed by atoms with E-state index in [0.29, 0.717) is 16.5 Å². The number of carbonyl (C=O) groups is 1. The van der Waals surface area contributed by atoms with Crippen molar-refractivity contribution in [1.29, 1.82) is 0 Å². The van der Waals surface area contributed by atoms with Crippen molar-refractivity contribution in [2.24, 2.45) is 5.92 Å². The fourth-order valence-corrected chi connectivity index (χ4v) is 2.41. The molecule has 1 aliphatic rings. The number of nitrogens with zero attached hydrogens (tertiary/aromatic N) is 1. The quantitative estimate of drug-likeness (QED) is 0.813. The topological polar surface area (TPSA) is 20.3 Å². The zero-order valence-corrected chi connectivity index (χ0v) is 12.2. The van der Waals surface area contributed by atoms with Crippen LogP contribution in [0.4, 0.5) is 0 Å². The number of thiol groups is 1. The van der Waals surface area contributed by atoms with Crippen LogP contribution in [0.1, 0.15) is 36.5 Å². The van der Waals surface area contributed by atoms with E-state index in [2.05, 4.69) is 19.6 Å². The normalized spacial score (nSPS) is 14.6. The Morgan fingerprint density at radius 3 is 2.83 bits per heavy atom. The van der Waals surface area contributed by atoms with Crippen molar-refractivity contribution in [3.63, 3.8) is 0 Å². The molecule has 2 nitrogen and oxygen atoms in total. The van der Waals surface area contributed by atoms with Gasteiger partial charge in [0.1, 0.15) is 0 Å². The number of hydrogen-bond acceptors (Lipinski definition) is 2. The fourth-order valence-electron chi connectivity index (χ4n) is 2.01. The smallest absolute Gasteiger partial charge is 0.255 e. The van der Waals surface area contributed by atoms with E-state index in [0.717, 1.165) is 24.4 Å². The summed E-state index contributed by atoms with van der Waals surface area (Å²) in [6.07, 6.45) is 3.46. The Bertz CT molecular complexity index is 445. The van der Waals surface area contributed by atoms with Crippen LogP contribution in [0.2, 0.25) is 5.02 Å². The minimum absolute atomic E-state index is 0.0321. The standard InChI is InChI=1S/C14H18ClNOS/c1-2-7-16(9-10-3-4-10)14(17)12-8-11(18)5-6-13(12)15/h5-6,8,10,18H,2-4,7,9H2,1H3. The van der Waals surface area contributed by atoms with E-state index >= 15 is 0 Å². The van der Waals surface area contributed by atoms with E-state index < -0.39 is 0 Å². The average Bonchev–Trinajstić information content (AvgIpc) is 3.15. The van der Waals surface area contributed by atoms with Crippen molar-refractivity contribution in [1.82, 2.24) is 4.90 Å². The van der Waals surface area contributed by atoms with Gasteiger partial charge in [-0.2, -0.15) is 0 Å². The van der Waals surface area contributed by atoms with Crippen LogP contribution in [-0.4, -0.2) is 23.9 Å².